The first-order valence-electron chi connectivity index (χ1n) is 7.32. The van der Waals surface area contributed by atoms with E-state index in [2.05, 4.69) is 15.5 Å². The normalized spacial score (nSPS) is 11.2. The quantitative estimate of drug-likeness (QED) is 0.426. The third-order valence-corrected chi connectivity index (χ3v) is 3.55. The molecule has 0 radical (unpaired) electrons. The number of nitro benzene ring substituents is 1. The van der Waals surface area contributed by atoms with Crippen LogP contribution in [0.5, 0.6) is 5.75 Å². The van der Waals surface area contributed by atoms with Crippen LogP contribution in [0.15, 0.2) is 47.6 Å². The molecule has 0 amide bonds. The molecule has 1 aromatic heterocycles. The van der Waals surface area contributed by atoms with E-state index < -0.39 is 4.92 Å². The second-order valence-electron chi connectivity index (χ2n) is 5.04. The summed E-state index contributed by atoms with van der Waals surface area (Å²) >= 11 is 0. The molecular formula is C16H15N5O3. The number of hydrogen-bond acceptors (Lipinski definition) is 6. The summed E-state index contributed by atoms with van der Waals surface area (Å²) < 4.78 is 1.98. The van der Waals surface area contributed by atoms with Crippen molar-refractivity contribution in [3.63, 3.8) is 0 Å². The highest BCUT2D eigenvalue weighted by Gasteiger charge is 2.13. The van der Waals surface area contributed by atoms with E-state index in [9.17, 15) is 15.2 Å². The number of fused-ring (bicyclic) bond motifs is 1. The van der Waals surface area contributed by atoms with Gasteiger partial charge in [-0.3, -0.25) is 10.1 Å². The van der Waals surface area contributed by atoms with Gasteiger partial charge in [0.05, 0.1) is 22.2 Å². The number of nitrogens with zero attached hydrogens (tertiary/aromatic N) is 4. The van der Waals surface area contributed by atoms with Crippen molar-refractivity contribution >= 4 is 28.9 Å². The van der Waals surface area contributed by atoms with E-state index in [0.29, 0.717) is 11.5 Å². The van der Waals surface area contributed by atoms with Crippen molar-refractivity contribution in [3.05, 3.63) is 58.1 Å². The van der Waals surface area contributed by atoms with Gasteiger partial charge in [0.15, 0.2) is 5.75 Å². The number of phenolic OH excluding ortho intramolecular Hbond substituents is 1. The average Bonchev–Trinajstić information content (AvgIpc) is 2.93. The molecule has 0 unspecified atom stereocenters. The molecule has 3 rings (SSSR count). The van der Waals surface area contributed by atoms with Gasteiger partial charge in [0.2, 0.25) is 5.95 Å². The van der Waals surface area contributed by atoms with E-state index in [1.807, 2.05) is 35.8 Å². The second kappa shape index (κ2) is 6.37. The largest absolute Gasteiger partial charge is 0.502 e. The van der Waals surface area contributed by atoms with E-state index in [1.165, 1.54) is 24.4 Å². The molecule has 8 heteroatoms. The molecule has 0 bridgehead atoms. The van der Waals surface area contributed by atoms with Crippen molar-refractivity contribution in [2.24, 2.45) is 5.10 Å². The standard InChI is InChI=1S/C16H15N5O3/c1-2-20-13-6-4-3-5-12(13)18-16(20)19-17-10-11-7-8-15(22)14(9-11)21(23)24/h3-10,22H,2H2,1H3,(H,18,19)/b17-10-. The van der Waals surface area contributed by atoms with Crippen LogP contribution in [0.3, 0.4) is 0 Å². The number of rotatable bonds is 5. The van der Waals surface area contributed by atoms with Gasteiger partial charge in [-0.25, -0.2) is 10.4 Å². The van der Waals surface area contributed by atoms with Gasteiger partial charge >= 0.3 is 5.69 Å². The van der Waals surface area contributed by atoms with E-state index in [4.69, 9.17) is 0 Å². The van der Waals surface area contributed by atoms with Crippen LogP contribution in [0, 0.1) is 10.1 Å². The van der Waals surface area contributed by atoms with E-state index in [0.717, 1.165) is 17.6 Å². The number of aromatic hydroxyl groups is 1. The Morgan fingerprint density at radius 1 is 1.38 bits per heavy atom. The van der Waals surface area contributed by atoms with E-state index >= 15 is 0 Å². The van der Waals surface area contributed by atoms with E-state index in [1.54, 1.807) is 0 Å². The Morgan fingerprint density at radius 2 is 2.17 bits per heavy atom. The SMILES string of the molecule is CCn1c(N/N=C\c2ccc(O)c([N+](=O)[O-])c2)nc2ccccc21. The van der Waals surface area contributed by atoms with E-state index in [-0.39, 0.29) is 11.4 Å². The lowest BCUT2D eigenvalue weighted by Crippen LogP contribution is -2.02. The fraction of sp³-hybridized carbons (Fsp3) is 0.125. The summed E-state index contributed by atoms with van der Waals surface area (Å²) in [5, 5.41) is 24.4. The summed E-state index contributed by atoms with van der Waals surface area (Å²) in [5.41, 5.74) is 4.84. The molecule has 8 nitrogen and oxygen atoms in total. The maximum Gasteiger partial charge on any atom is 0.311 e. The lowest BCUT2D eigenvalue weighted by Gasteiger charge is -2.04. The smallest absolute Gasteiger partial charge is 0.311 e. The number of imidazole rings is 1. The Kier molecular flexibility index (Phi) is 4.11. The third-order valence-electron chi connectivity index (χ3n) is 3.55. The highest BCUT2D eigenvalue weighted by atomic mass is 16.6. The molecular weight excluding hydrogens is 310 g/mol. The molecule has 3 aromatic rings. The van der Waals surface area contributed by atoms with Crippen LogP contribution in [-0.2, 0) is 6.54 Å². The topological polar surface area (TPSA) is 106 Å². The number of aryl methyl sites for hydroxylation is 1. The minimum Gasteiger partial charge on any atom is -0.502 e. The second-order valence-corrected chi connectivity index (χ2v) is 5.04. The van der Waals surface area contributed by atoms with Crippen molar-refractivity contribution in [2.75, 3.05) is 5.43 Å². The first-order valence-corrected chi connectivity index (χ1v) is 7.32. The van der Waals surface area contributed by atoms with Crippen LogP contribution >= 0.6 is 0 Å². The minimum atomic E-state index is -0.642. The number of benzene rings is 2. The van der Waals surface area contributed by atoms with Crippen LogP contribution in [0.2, 0.25) is 0 Å². The van der Waals surface area contributed by atoms with Crippen LogP contribution in [0.4, 0.5) is 11.6 Å². The zero-order valence-corrected chi connectivity index (χ0v) is 12.9. The van der Waals surface area contributed by atoms with Crippen molar-refractivity contribution in [1.82, 2.24) is 9.55 Å². The number of hydrazone groups is 1. The molecule has 24 heavy (non-hydrogen) atoms. The summed E-state index contributed by atoms with van der Waals surface area (Å²) in [6, 6.07) is 11.8. The highest BCUT2D eigenvalue weighted by Crippen LogP contribution is 2.25. The van der Waals surface area contributed by atoms with Gasteiger partial charge in [0.25, 0.3) is 0 Å². The molecule has 2 aromatic carbocycles. The van der Waals surface area contributed by atoms with Crippen LogP contribution in [0.25, 0.3) is 11.0 Å². The Morgan fingerprint density at radius 3 is 2.92 bits per heavy atom. The molecule has 0 saturated heterocycles. The predicted molar refractivity (Wildman–Crippen MR) is 91.4 cm³/mol. The summed E-state index contributed by atoms with van der Waals surface area (Å²) in [4.78, 5) is 14.6. The zero-order chi connectivity index (χ0) is 17.1. The molecule has 2 N–H and O–H groups in total. The summed E-state index contributed by atoms with van der Waals surface area (Å²) in [6.45, 7) is 2.73. The Balaban J connectivity index is 1.84. The van der Waals surface area contributed by atoms with Crippen LogP contribution < -0.4 is 5.43 Å². The molecule has 0 spiro atoms. The predicted octanol–water partition coefficient (Wildman–Crippen LogP) is 3.12. The third kappa shape index (κ3) is 2.89. The molecule has 0 aliphatic heterocycles. The lowest BCUT2D eigenvalue weighted by molar-refractivity contribution is -0.385. The summed E-state index contributed by atoms with van der Waals surface area (Å²) in [6.07, 6.45) is 1.44. The number of nitrogens with one attached hydrogen (secondary N) is 1. The first-order chi connectivity index (χ1) is 11.6. The van der Waals surface area contributed by atoms with Crippen LogP contribution in [0.1, 0.15) is 12.5 Å². The average molecular weight is 325 g/mol. The number of anilines is 1. The lowest BCUT2D eigenvalue weighted by atomic mass is 10.2. The molecule has 1 heterocycles. The molecule has 0 fully saturated rings. The highest BCUT2D eigenvalue weighted by molar-refractivity contribution is 5.82. The number of nitro groups is 1. The fourth-order valence-electron chi connectivity index (χ4n) is 2.41. The monoisotopic (exact) mass is 325 g/mol. The molecule has 122 valence electrons. The summed E-state index contributed by atoms with van der Waals surface area (Å²) in [5.74, 6) is 0.209. The Hall–Kier alpha value is -3.42. The number of hydrogen-bond donors (Lipinski definition) is 2. The van der Waals surface area contributed by atoms with Gasteiger partial charge in [-0.2, -0.15) is 5.10 Å². The van der Waals surface area contributed by atoms with Gasteiger partial charge in [0.1, 0.15) is 0 Å². The van der Waals surface area contributed by atoms with Crippen molar-refractivity contribution < 1.29 is 10.0 Å². The minimum absolute atomic E-state index is 0.361. The van der Waals surface area contributed by atoms with Crippen molar-refractivity contribution in [3.8, 4) is 5.75 Å². The zero-order valence-electron chi connectivity index (χ0n) is 12.9. The maximum atomic E-state index is 10.8. The maximum absolute atomic E-state index is 10.8. The van der Waals surface area contributed by atoms with Gasteiger partial charge in [0, 0.05) is 18.2 Å². The molecule has 0 saturated carbocycles. The number of para-hydroxylation sites is 2. The van der Waals surface area contributed by atoms with Gasteiger partial charge in [-0.05, 0) is 31.2 Å². The fourth-order valence-corrected chi connectivity index (χ4v) is 2.41. The van der Waals surface area contributed by atoms with Crippen LogP contribution in [-0.4, -0.2) is 25.8 Å². The number of phenols is 1. The molecule has 0 aliphatic rings. The summed E-state index contributed by atoms with van der Waals surface area (Å²) in [7, 11) is 0. The van der Waals surface area contributed by atoms with Gasteiger partial charge in [-0.1, -0.05) is 12.1 Å². The molecule has 0 atom stereocenters. The Bertz CT molecular complexity index is 933. The first kappa shape index (κ1) is 15.5. The van der Waals surface area contributed by atoms with Gasteiger partial charge in [-0.15, -0.1) is 0 Å². The van der Waals surface area contributed by atoms with Gasteiger partial charge < -0.3 is 9.67 Å². The molecule has 0 aliphatic carbocycles. The van der Waals surface area contributed by atoms with Crippen molar-refractivity contribution in [1.29, 1.82) is 0 Å². The number of aromatic nitrogens is 2. The Labute approximate surface area is 137 Å². The van der Waals surface area contributed by atoms with Crippen molar-refractivity contribution in [2.45, 2.75) is 13.5 Å².